The first-order valence-electron chi connectivity index (χ1n) is 7.40. The van der Waals surface area contributed by atoms with Crippen molar-refractivity contribution in [3.05, 3.63) is 59.7 Å². The number of nitrogens with zero attached hydrogens (tertiary/aromatic N) is 1. The zero-order valence-electron chi connectivity index (χ0n) is 13.7. The van der Waals surface area contributed by atoms with Crippen LogP contribution in [0.25, 0.3) is 0 Å². The topological polar surface area (TPSA) is 12.5 Å². The van der Waals surface area contributed by atoms with E-state index < -0.39 is 0 Å². The summed E-state index contributed by atoms with van der Waals surface area (Å²) in [7, 11) is 2.12. The predicted octanol–water partition coefficient (Wildman–Crippen LogP) is 4.81. The monoisotopic (exact) mass is 283 g/mol. The van der Waals surface area contributed by atoms with Crippen LogP contribution in [0.1, 0.15) is 31.9 Å². The molecule has 0 radical (unpaired) electrons. The van der Waals surface area contributed by atoms with Crippen molar-refractivity contribution in [3.8, 4) is 5.75 Å². The van der Waals surface area contributed by atoms with E-state index in [4.69, 9.17) is 4.74 Å². The van der Waals surface area contributed by atoms with Gasteiger partial charge in [-0.1, -0.05) is 30.3 Å². The Morgan fingerprint density at radius 3 is 2.24 bits per heavy atom. The minimum Gasteiger partial charge on any atom is -0.488 e. The van der Waals surface area contributed by atoms with Crippen molar-refractivity contribution >= 4 is 5.69 Å². The molecule has 0 aliphatic rings. The standard InChI is InChI=1S/C19H25NO/c1-15-13-17(21-19(2,3)4)11-12-18(15)20(5)14-16-9-7-6-8-10-16/h6-13H,14H2,1-5H3. The average Bonchev–Trinajstić information content (AvgIpc) is 2.37. The molecule has 0 saturated heterocycles. The predicted molar refractivity (Wildman–Crippen MR) is 90.1 cm³/mol. The molecule has 0 aliphatic heterocycles. The molecule has 2 aromatic rings. The van der Waals surface area contributed by atoms with E-state index in [-0.39, 0.29) is 5.60 Å². The van der Waals surface area contributed by atoms with E-state index in [0.29, 0.717) is 0 Å². The second-order valence-corrected chi connectivity index (χ2v) is 6.50. The lowest BCUT2D eigenvalue weighted by Crippen LogP contribution is -2.23. The number of benzene rings is 2. The van der Waals surface area contributed by atoms with E-state index in [0.717, 1.165) is 12.3 Å². The molecule has 2 aromatic carbocycles. The van der Waals surface area contributed by atoms with Crippen LogP contribution in [0, 0.1) is 6.92 Å². The van der Waals surface area contributed by atoms with Gasteiger partial charge in [-0.2, -0.15) is 0 Å². The molecule has 0 heterocycles. The van der Waals surface area contributed by atoms with E-state index in [9.17, 15) is 0 Å². The van der Waals surface area contributed by atoms with Gasteiger partial charge in [-0.25, -0.2) is 0 Å². The first-order chi connectivity index (χ1) is 9.85. The first kappa shape index (κ1) is 15.4. The molecule has 0 spiro atoms. The maximum Gasteiger partial charge on any atom is 0.120 e. The summed E-state index contributed by atoms with van der Waals surface area (Å²) in [4.78, 5) is 2.27. The van der Waals surface area contributed by atoms with Crippen LogP contribution in [0.3, 0.4) is 0 Å². The molecule has 21 heavy (non-hydrogen) atoms. The number of hydrogen-bond acceptors (Lipinski definition) is 2. The van der Waals surface area contributed by atoms with Gasteiger partial charge in [-0.3, -0.25) is 0 Å². The van der Waals surface area contributed by atoms with Crippen molar-refractivity contribution in [2.75, 3.05) is 11.9 Å². The van der Waals surface area contributed by atoms with Gasteiger partial charge >= 0.3 is 0 Å². The summed E-state index contributed by atoms with van der Waals surface area (Å²) in [5.74, 6) is 0.928. The SMILES string of the molecule is Cc1cc(OC(C)(C)C)ccc1N(C)Cc1ccccc1. The Kier molecular flexibility index (Phi) is 4.56. The normalized spacial score (nSPS) is 11.3. The summed E-state index contributed by atoms with van der Waals surface area (Å²) in [6.45, 7) is 9.24. The van der Waals surface area contributed by atoms with Gasteiger partial charge in [-0.05, 0) is 57.0 Å². The van der Waals surface area contributed by atoms with Gasteiger partial charge in [0, 0.05) is 19.3 Å². The highest BCUT2D eigenvalue weighted by molar-refractivity contribution is 5.55. The molecule has 2 nitrogen and oxygen atoms in total. The summed E-state index contributed by atoms with van der Waals surface area (Å²) >= 11 is 0. The number of ether oxygens (including phenoxy) is 1. The molecule has 0 aliphatic carbocycles. The van der Waals surface area contributed by atoms with Gasteiger partial charge in [0.15, 0.2) is 0 Å². The lowest BCUT2D eigenvalue weighted by molar-refractivity contribution is 0.131. The van der Waals surface area contributed by atoms with Gasteiger partial charge in [0.2, 0.25) is 0 Å². The Labute approximate surface area is 128 Å². The molecule has 2 heteroatoms. The average molecular weight is 283 g/mol. The van der Waals surface area contributed by atoms with Crippen molar-refractivity contribution in [3.63, 3.8) is 0 Å². The molecule has 0 amide bonds. The third kappa shape index (κ3) is 4.52. The number of hydrogen-bond donors (Lipinski definition) is 0. The summed E-state index contributed by atoms with van der Waals surface area (Å²) in [5.41, 5.74) is 3.62. The number of rotatable bonds is 4. The van der Waals surface area contributed by atoms with Gasteiger partial charge in [0.05, 0.1) is 0 Å². The quantitative estimate of drug-likeness (QED) is 0.798. The maximum absolute atomic E-state index is 5.92. The van der Waals surface area contributed by atoms with E-state index >= 15 is 0 Å². The highest BCUT2D eigenvalue weighted by Crippen LogP contribution is 2.27. The Hall–Kier alpha value is -1.96. The second kappa shape index (κ2) is 6.21. The van der Waals surface area contributed by atoms with E-state index in [1.807, 2.05) is 6.07 Å². The number of anilines is 1. The molecule has 0 bridgehead atoms. The smallest absolute Gasteiger partial charge is 0.120 e. The molecular formula is C19H25NO. The molecular weight excluding hydrogens is 258 g/mol. The fourth-order valence-corrected chi connectivity index (χ4v) is 2.42. The summed E-state index contributed by atoms with van der Waals surface area (Å²) < 4.78 is 5.92. The van der Waals surface area contributed by atoms with Crippen molar-refractivity contribution in [2.24, 2.45) is 0 Å². The van der Waals surface area contributed by atoms with Crippen LogP contribution in [0.15, 0.2) is 48.5 Å². The van der Waals surface area contributed by atoms with Crippen molar-refractivity contribution in [1.82, 2.24) is 0 Å². The van der Waals surface area contributed by atoms with Crippen molar-refractivity contribution in [2.45, 2.75) is 39.8 Å². The Bertz CT molecular complexity index is 584. The van der Waals surface area contributed by atoms with Crippen molar-refractivity contribution < 1.29 is 4.74 Å². The molecule has 2 rings (SSSR count). The van der Waals surface area contributed by atoms with Crippen LogP contribution in [-0.4, -0.2) is 12.6 Å². The van der Waals surface area contributed by atoms with Gasteiger partial charge in [0.25, 0.3) is 0 Å². The molecule has 0 unspecified atom stereocenters. The van der Waals surface area contributed by atoms with E-state index in [1.165, 1.54) is 16.8 Å². The first-order valence-corrected chi connectivity index (χ1v) is 7.40. The fourth-order valence-electron chi connectivity index (χ4n) is 2.42. The summed E-state index contributed by atoms with van der Waals surface area (Å²) in [5, 5.41) is 0. The molecule has 0 N–H and O–H groups in total. The van der Waals surface area contributed by atoms with Crippen LogP contribution in [-0.2, 0) is 6.54 Å². The van der Waals surface area contributed by atoms with Crippen LogP contribution in [0.5, 0.6) is 5.75 Å². The number of aryl methyl sites for hydroxylation is 1. The molecule has 0 atom stereocenters. The van der Waals surface area contributed by atoms with Crippen LogP contribution in [0.2, 0.25) is 0 Å². The largest absolute Gasteiger partial charge is 0.488 e. The fraction of sp³-hybridized carbons (Fsp3) is 0.368. The van der Waals surface area contributed by atoms with Crippen LogP contribution in [0.4, 0.5) is 5.69 Å². The van der Waals surface area contributed by atoms with Crippen LogP contribution >= 0.6 is 0 Å². The third-order valence-corrected chi connectivity index (χ3v) is 3.27. The minimum atomic E-state index is -0.163. The van der Waals surface area contributed by atoms with Gasteiger partial charge < -0.3 is 9.64 Å². The minimum absolute atomic E-state index is 0.163. The lowest BCUT2D eigenvalue weighted by atomic mass is 10.1. The Morgan fingerprint density at radius 1 is 1.00 bits per heavy atom. The molecule has 0 saturated carbocycles. The summed E-state index contributed by atoms with van der Waals surface area (Å²) in [6.07, 6.45) is 0. The van der Waals surface area contributed by atoms with E-state index in [1.54, 1.807) is 0 Å². The van der Waals surface area contributed by atoms with Crippen LogP contribution < -0.4 is 9.64 Å². The molecule has 0 aromatic heterocycles. The Balaban J connectivity index is 2.13. The zero-order chi connectivity index (χ0) is 15.5. The third-order valence-electron chi connectivity index (χ3n) is 3.27. The zero-order valence-corrected chi connectivity index (χ0v) is 13.7. The van der Waals surface area contributed by atoms with Crippen molar-refractivity contribution in [1.29, 1.82) is 0 Å². The van der Waals surface area contributed by atoms with E-state index in [2.05, 4.69) is 82.1 Å². The molecule has 0 fully saturated rings. The van der Waals surface area contributed by atoms with Gasteiger partial charge in [0.1, 0.15) is 11.4 Å². The maximum atomic E-state index is 5.92. The van der Waals surface area contributed by atoms with Gasteiger partial charge in [-0.15, -0.1) is 0 Å². The summed E-state index contributed by atoms with van der Waals surface area (Å²) in [6, 6.07) is 16.8. The Morgan fingerprint density at radius 2 is 1.67 bits per heavy atom. The molecule has 112 valence electrons. The highest BCUT2D eigenvalue weighted by atomic mass is 16.5. The second-order valence-electron chi connectivity index (χ2n) is 6.50. The lowest BCUT2D eigenvalue weighted by Gasteiger charge is -2.25. The highest BCUT2D eigenvalue weighted by Gasteiger charge is 2.13.